The monoisotopic (exact) mass is 281 g/mol. The van der Waals surface area contributed by atoms with Crippen molar-refractivity contribution < 1.29 is 9.53 Å². The number of rotatable bonds is 6. The van der Waals surface area contributed by atoms with Crippen LogP contribution in [0.3, 0.4) is 0 Å². The molecule has 0 saturated carbocycles. The molecule has 0 aromatic carbocycles. The van der Waals surface area contributed by atoms with Crippen LogP contribution < -0.4 is 5.32 Å². The predicted molar refractivity (Wildman–Crippen MR) is 79.5 cm³/mol. The van der Waals surface area contributed by atoms with Gasteiger partial charge in [0.05, 0.1) is 12.8 Å². The van der Waals surface area contributed by atoms with Gasteiger partial charge in [0.25, 0.3) is 0 Å². The minimum atomic E-state index is -0.283. The number of carbonyl (C=O) groups is 1. The molecule has 5 nitrogen and oxygen atoms in total. The van der Waals surface area contributed by atoms with E-state index in [9.17, 15) is 4.79 Å². The quantitative estimate of drug-likeness (QED) is 0.813. The average Bonchev–Trinajstić information content (AvgIpc) is 2.60. The average molecular weight is 281 g/mol. The molecule has 5 heteroatoms. The Balaban J connectivity index is 2.90. The van der Waals surface area contributed by atoms with E-state index in [1.807, 2.05) is 25.6 Å². The van der Waals surface area contributed by atoms with Crippen molar-refractivity contribution in [2.45, 2.75) is 53.1 Å². The minimum Gasteiger partial charge on any atom is -0.468 e. The largest absolute Gasteiger partial charge is 0.468 e. The van der Waals surface area contributed by atoms with E-state index in [0.29, 0.717) is 5.92 Å². The lowest BCUT2D eigenvalue weighted by atomic mass is 10.0. The molecule has 0 radical (unpaired) electrons. The fourth-order valence-corrected chi connectivity index (χ4v) is 2.65. The van der Waals surface area contributed by atoms with Crippen molar-refractivity contribution in [2.24, 2.45) is 13.0 Å². The Bertz CT molecular complexity index is 466. The Morgan fingerprint density at radius 3 is 2.35 bits per heavy atom. The van der Waals surface area contributed by atoms with E-state index >= 15 is 0 Å². The third kappa shape index (κ3) is 3.82. The molecular formula is C15H27N3O2. The van der Waals surface area contributed by atoms with Gasteiger partial charge in [0.15, 0.2) is 0 Å². The molecule has 1 aromatic heterocycles. The van der Waals surface area contributed by atoms with E-state index in [1.54, 1.807) is 0 Å². The van der Waals surface area contributed by atoms with Crippen LogP contribution in [0.2, 0.25) is 0 Å². The Kier molecular flexibility index (Phi) is 5.74. The summed E-state index contributed by atoms with van der Waals surface area (Å²) < 4.78 is 6.77. The van der Waals surface area contributed by atoms with Gasteiger partial charge in [-0.25, -0.2) is 0 Å². The van der Waals surface area contributed by atoms with E-state index in [2.05, 4.69) is 31.2 Å². The van der Waals surface area contributed by atoms with Gasteiger partial charge in [0, 0.05) is 24.3 Å². The van der Waals surface area contributed by atoms with Crippen LogP contribution >= 0.6 is 0 Å². The second kappa shape index (κ2) is 6.88. The van der Waals surface area contributed by atoms with Crippen LogP contribution in [0.5, 0.6) is 0 Å². The van der Waals surface area contributed by atoms with Crippen molar-refractivity contribution >= 4 is 5.97 Å². The maximum atomic E-state index is 11.9. The summed E-state index contributed by atoms with van der Waals surface area (Å²) in [6.07, 6.45) is 0.759. The molecule has 0 aliphatic heterocycles. The second-order valence-electron chi connectivity index (χ2n) is 5.80. The van der Waals surface area contributed by atoms with Crippen LogP contribution in [0.15, 0.2) is 0 Å². The zero-order valence-electron chi connectivity index (χ0n) is 13.7. The van der Waals surface area contributed by atoms with Gasteiger partial charge >= 0.3 is 5.97 Å². The van der Waals surface area contributed by atoms with E-state index in [0.717, 1.165) is 23.4 Å². The third-order valence-electron chi connectivity index (χ3n) is 3.64. The zero-order chi connectivity index (χ0) is 15.4. The van der Waals surface area contributed by atoms with Crippen molar-refractivity contribution in [2.75, 3.05) is 7.11 Å². The molecular weight excluding hydrogens is 254 g/mol. The number of hydrogen-bond donors (Lipinski definition) is 1. The molecule has 20 heavy (non-hydrogen) atoms. The number of aryl methyl sites for hydroxylation is 2. The van der Waals surface area contributed by atoms with Crippen LogP contribution in [0.1, 0.15) is 50.2 Å². The highest BCUT2D eigenvalue weighted by molar-refractivity contribution is 5.75. The van der Waals surface area contributed by atoms with Crippen LogP contribution in [-0.4, -0.2) is 28.9 Å². The van der Waals surface area contributed by atoms with Crippen molar-refractivity contribution in [1.82, 2.24) is 15.1 Å². The minimum absolute atomic E-state index is 0.0616. The maximum Gasteiger partial charge on any atom is 0.322 e. The van der Waals surface area contributed by atoms with Gasteiger partial charge in [-0.15, -0.1) is 0 Å². The summed E-state index contributed by atoms with van der Waals surface area (Å²) in [6, 6.07) is -0.222. The molecule has 2 unspecified atom stereocenters. The summed E-state index contributed by atoms with van der Waals surface area (Å²) in [7, 11) is 3.37. The molecule has 114 valence electrons. The number of methoxy groups -OCH3 is 1. The van der Waals surface area contributed by atoms with Gasteiger partial charge in [-0.05, 0) is 33.1 Å². The molecule has 0 aliphatic rings. The molecule has 0 aliphatic carbocycles. The molecule has 1 rings (SSSR count). The third-order valence-corrected chi connectivity index (χ3v) is 3.64. The summed E-state index contributed by atoms with van der Waals surface area (Å²) in [4.78, 5) is 11.9. The van der Waals surface area contributed by atoms with Gasteiger partial charge in [0.2, 0.25) is 0 Å². The van der Waals surface area contributed by atoms with Gasteiger partial charge < -0.3 is 4.74 Å². The fourth-order valence-electron chi connectivity index (χ4n) is 2.65. The molecule has 2 atom stereocenters. The normalized spacial score (nSPS) is 14.4. The second-order valence-corrected chi connectivity index (χ2v) is 5.80. The highest BCUT2D eigenvalue weighted by Crippen LogP contribution is 2.22. The molecule has 0 saturated heterocycles. The summed E-state index contributed by atoms with van der Waals surface area (Å²) in [5.74, 6) is 0.222. The number of ether oxygens (including phenoxy) is 1. The van der Waals surface area contributed by atoms with E-state index in [-0.39, 0.29) is 18.1 Å². The van der Waals surface area contributed by atoms with Crippen molar-refractivity contribution in [3.05, 3.63) is 17.0 Å². The summed E-state index contributed by atoms with van der Waals surface area (Å²) in [6.45, 7) is 10.3. The number of hydrogen-bond acceptors (Lipinski definition) is 4. The number of nitrogens with one attached hydrogen (secondary N) is 1. The van der Waals surface area contributed by atoms with Crippen LogP contribution in [0.4, 0.5) is 0 Å². The van der Waals surface area contributed by atoms with Crippen molar-refractivity contribution in [3.63, 3.8) is 0 Å². The first-order chi connectivity index (χ1) is 9.27. The van der Waals surface area contributed by atoms with E-state index in [4.69, 9.17) is 4.74 Å². The first-order valence-corrected chi connectivity index (χ1v) is 7.11. The predicted octanol–water partition coefficient (Wildman–Crippen LogP) is 2.28. The molecule has 0 amide bonds. The molecule has 0 fully saturated rings. The topological polar surface area (TPSA) is 56.1 Å². The SMILES string of the molecule is COC(=O)C(CC(C)C)NC(C)c1c(C)nn(C)c1C. The highest BCUT2D eigenvalue weighted by Gasteiger charge is 2.25. The molecule has 1 aromatic rings. The van der Waals surface area contributed by atoms with Crippen LogP contribution in [0.25, 0.3) is 0 Å². The van der Waals surface area contributed by atoms with E-state index < -0.39 is 0 Å². The van der Waals surface area contributed by atoms with Crippen LogP contribution in [-0.2, 0) is 16.6 Å². The van der Waals surface area contributed by atoms with Gasteiger partial charge in [-0.2, -0.15) is 5.10 Å². The first-order valence-electron chi connectivity index (χ1n) is 7.11. The van der Waals surface area contributed by atoms with Crippen molar-refractivity contribution in [3.8, 4) is 0 Å². The van der Waals surface area contributed by atoms with Gasteiger partial charge in [0.1, 0.15) is 6.04 Å². The Labute approximate surface area is 121 Å². The number of carbonyl (C=O) groups excluding carboxylic acids is 1. The summed E-state index contributed by atoms with van der Waals surface area (Å²) >= 11 is 0. The molecule has 0 bridgehead atoms. The standard InChI is InChI=1S/C15H27N3O2/c1-9(2)8-13(15(19)20-7)16-10(3)14-11(4)17-18(6)12(14)5/h9-10,13,16H,8H2,1-7H3. The lowest BCUT2D eigenvalue weighted by molar-refractivity contribution is -0.143. The summed E-state index contributed by atoms with van der Waals surface area (Å²) in [5, 5.41) is 7.81. The van der Waals surface area contributed by atoms with E-state index in [1.165, 1.54) is 7.11 Å². The number of aromatic nitrogens is 2. The Morgan fingerprint density at radius 2 is 1.95 bits per heavy atom. The molecule has 1 heterocycles. The lowest BCUT2D eigenvalue weighted by Gasteiger charge is -2.23. The highest BCUT2D eigenvalue weighted by atomic mass is 16.5. The lowest BCUT2D eigenvalue weighted by Crippen LogP contribution is -2.40. The number of nitrogens with zero attached hydrogens (tertiary/aromatic N) is 2. The molecule has 1 N–H and O–H groups in total. The zero-order valence-corrected chi connectivity index (χ0v) is 13.7. The number of esters is 1. The molecule has 0 spiro atoms. The Hall–Kier alpha value is -1.36. The van der Waals surface area contributed by atoms with Crippen LogP contribution in [0, 0.1) is 19.8 Å². The summed E-state index contributed by atoms with van der Waals surface area (Å²) in [5.41, 5.74) is 3.28. The first kappa shape index (κ1) is 16.7. The van der Waals surface area contributed by atoms with Gasteiger partial charge in [-0.3, -0.25) is 14.8 Å². The Morgan fingerprint density at radius 1 is 1.35 bits per heavy atom. The maximum absolute atomic E-state index is 11.9. The fraction of sp³-hybridized carbons (Fsp3) is 0.733. The van der Waals surface area contributed by atoms with Gasteiger partial charge in [-0.1, -0.05) is 13.8 Å². The van der Waals surface area contributed by atoms with Crippen molar-refractivity contribution in [1.29, 1.82) is 0 Å². The smallest absolute Gasteiger partial charge is 0.322 e.